The fourth-order valence-electron chi connectivity index (χ4n) is 1.20. The van der Waals surface area contributed by atoms with Crippen molar-refractivity contribution in [2.75, 3.05) is 19.6 Å². The van der Waals surface area contributed by atoms with E-state index in [1.54, 1.807) is 0 Å². The van der Waals surface area contributed by atoms with Gasteiger partial charge in [-0.25, -0.2) is 6.57 Å². The van der Waals surface area contributed by atoms with E-state index in [0.717, 1.165) is 25.9 Å². The van der Waals surface area contributed by atoms with Crippen LogP contribution >= 0.6 is 0 Å². The Morgan fingerprint density at radius 3 is 2.60 bits per heavy atom. The van der Waals surface area contributed by atoms with Crippen molar-refractivity contribution in [2.45, 2.75) is 18.4 Å². The molecule has 0 aromatic heterocycles. The molecule has 0 bridgehead atoms. The van der Waals surface area contributed by atoms with Crippen LogP contribution in [0.25, 0.3) is 4.85 Å². The van der Waals surface area contributed by atoms with E-state index in [1.807, 2.05) is 0 Å². The van der Waals surface area contributed by atoms with Crippen LogP contribution in [0.15, 0.2) is 0 Å². The maximum absolute atomic E-state index is 9.62. The van der Waals surface area contributed by atoms with Crippen molar-refractivity contribution in [3.8, 4) is 0 Å². The lowest BCUT2D eigenvalue weighted by molar-refractivity contribution is 0.0262. The fourth-order valence-corrected chi connectivity index (χ4v) is 1.20. The Hall–Kier alpha value is -0.590. The summed E-state index contributed by atoms with van der Waals surface area (Å²) < 4.78 is 0. The molecule has 1 aliphatic rings. The third-order valence-corrected chi connectivity index (χ3v) is 1.91. The highest BCUT2D eigenvalue weighted by Crippen LogP contribution is 2.17. The van der Waals surface area contributed by atoms with Gasteiger partial charge in [0.15, 0.2) is 0 Å². The van der Waals surface area contributed by atoms with E-state index >= 15 is 0 Å². The van der Waals surface area contributed by atoms with Gasteiger partial charge in [0.2, 0.25) is 6.54 Å². The molecule has 0 spiro atoms. The molecule has 56 valence electrons. The van der Waals surface area contributed by atoms with Gasteiger partial charge in [0.25, 0.3) is 0 Å². The van der Waals surface area contributed by atoms with E-state index in [2.05, 4.69) is 10.2 Å². The minimum Gasteiger partial charge on any atom is -0.382 e. The molecule has 0 atom stereocenters. The molecule has 10 heavy (non-hydrogen) atoms. The van der Waals surface area contributed by atoms with Crippen molar-refractivity contribution in [2.24, 2.45) is 0 Å². The fraction of sp³-hybridized carbons (Fsp3) is 0.857. The quantitative estimate of drug-likeness (QED) is 0.504. The van der Waals surface area contributed by atoms with E-state index in [4.69, 9.17) is 6.57 Å². The van der Waals surface area contributed by atoms with Crippen LogP contribution in [0.1, 0.15) is 12.8 Å². The van der Waals surface area contributed by atoms with Gasteiger partial charge in [0, 0.05) is 0 Å². The highest BCUT2D eigenvalue weighted by atomic mass is 16.3. The van der Waals surface area contributed by atoms with Crippen LogP contribution in [0.5, 0.6) is 0 Å². The highest BCUT2D eigenvalue weighted by Gasteiger charge is 2.31. The Balaban J connectivity index is 2.42. The summed E-state index contributed by atoms with van der Waals surface area (Å²) in [6, 6.07) is 0. The summed E-state index contributed by atoms with van der Waals surface area (Å²) in [6.07, 6.45) is 1.44. The highest BCUT2D eigenvalue weighted by molar-refractivity contribution is 4.90. The van der Waals surface area contributed by atoms with Crippen LogP contribution in [0.3, 0.4) is 0 Å². The monoisotopic (exact) mass is 140 g/mol. The number of hydrogen-bond donors (Lipinski definition) is 2. The summed E-state index contributed by atoms with van der Waals surface area (Å²) in [5.74, 6) is 0. The Labute approximate surface area is 60.9 Å². The molecule has 0 aromatic rings. The zero-order valence-corrected chi connectivity index (χ0v) is 5.93. The van der Waals surface area contributed by atoms with Crippen molar-refractivity contribution >= 4 is 0 Å². The number of piperidine rings is 1. The molecule has 1 saturated heterocycles. The zero-order valence-electron chi connectivity index (χ0n) is 5.93. The van der Waals surface area contributed by atoms with Crippen LogP contribution < -0.4 is 5.32 Å². The standard InChI is InChI=1S/C7H12N2O/c1-8-6-7(10)2-4-9-5-3-7/h9-10H,2-6H2. The number of nitrogens with one attached hydrogen (secondary N) is 1. The summed E-state index contributed by atoms with van der Waals surface area (Å²) >= 11 is 0. The topological polar surface area (TPSA) is 36.6 Å². The van der Waals surface area contributed by atoms with Crippen molar-refractivity contribution in [3.63, 3.8) is 0 Å². The molecule has 0 unspecified atom stereocenters. The van der Waals surface area contributed by atoms with E-state index < -0.39 is 5.60 Å². The molecule has 1 fully saturated rings. The predicted molar refractivity (Wildman–Crippen MR) is 38.5 cm³/mol. The minimum absolute atomic E-state index is 0.259. The second-order valence-corrected chi connectivity index (χ2v) is 2.79. The number of hydrogen-bond acceptors (Lipinski definition) is 2. The van der Waals surface area contributed by atoms with Crippen molar-refractivity contribution in [1.82, 2.24) is 5.32 Å². The van der Waals surface area contributed by atoms with Gasteiger partial charge in [0.05, 0.1) is 0 Å². The smallest absolute Gasteiger partial charge is 0.243 e. The first kappa shape index (κ1) is 7.52. The SMILES string of the molecule is [C-]#[N+]CC1(O)CCNCC1. The molecule has 0 aliphatic carbocycles. The van der Waals surface area contributed by atoms with Crippen LogP contribution in [-0.2, 0) is 0 Å². The van der Waals surface area contributed by atoms with Gasteiger partial charge in [-0.2, -0.15) is 0 Å². The van der Waals surface area contributed by atoms with Crippen LogP contribution in [0.4, 0.5) is 0 Å². The first-order valence-corrected chi connectivity index (χ1v) is 3.53. The molecule has 1 rings (SSSR count). The summed E-state index contributed by atoms with van der Waals surface area (Å²) in [7, 11) is 0. The van der Waals surface area contributed by atoms with Crippen LogP contribution in [0, 0.1) is 6.57 Å². The van der Waals surface area contributed by atoms with E-state index in [1.165, 1.54) is 0 Å². The Bertz CT molecular complexity index is 144. The normalized spacial score (nSPS) is 23.6. The molecule has 1 aliphatic heterocycles. The summed E-state index contributed by atoms with van der Waals surface area (Å²) in [4.78, 5) is 3.20. The van der Waals surface area contributed by atoms with Crippen molar-refractivity contribution < 1.29 is 5.11 Å². The second kappa shape index (κ2) is 3.00. The van der Waals surface area contributed by atoms with Crippen LogP contribution in [-0.4, -0.2) is 30.3 Å². The lowest BCUT2D eigenvalue weighted by Crippen LogP contribution is -2.43. The van der Waals surface area contributed by atoms with Gasteiger partial charge in [-0.15, -0.1) is 0 Å². The van der Waals surface area contributed by atoms with Gasteiger partial charge in [0.1, 0.15) is 5.60 Å². The maximum atomic E-state index is 9.62. The minimum atomic E-state index is -0.687. The molecule has 3 heteroatoms. The van der Waals surface area contributed by atoms with Crippen molar-refractivity contribution in [3.05, 3.63) is 11.4 Å². The third-order valence-electron chi connectivity index (χ3n) is 1.91. The first-order valence-electron chi connectivity index (χ1n) is 3.53. The molecule has 3 nitrogen and oxygen atoms in total. The Morgan fingerprint density at radius 1 is 1.50 bits per heavy atom. The lowest BCUT2D eigenvalue weighted by Gasteiger charge is -2.27. The number of rotatable bonds is 1. The number of aliphatic hydroxyl groups is 1. The average Bonchev–Trinajstić information content (AvgIpc) is 1.89. The Morgan fingerprint density at radius 2 is 2.10 bits per heavy atom. The van der Waals surface area contributed by atoms with Crippen LogP contribution in [0.2, 0.25) is 0 Å². The van der Waals surface area contributed by atoms with Gasteiger partial charge < -0.3 is 15.3 Å². The van der Waals surface area contributed by atoms with Crippen molar-refractivity contribution in [1.29, 1.82) is 0 Å². The zero-order chi connectivity index (χ0) is 7.45. The van der Waals surface area contributed by atoms with E-state index in [-0.39, 0.29) is 6.54 Å². The Kier molecular flexibility index (Phi) is 2.25. The largest absolute Gasteiger partial charge is 0.382 e. The summed E-state index contributed by atoms with van der Waals surface area (Å²) in [6.45, 7) is 8.55. The molecule has 1 heterocycles. The van der Waals surface area contributed by atoms with Gasteiger partial charge in [-0.05, 0) is 25.9 Å². The maximum Gasteiger partial charge on any atom is 0.243 e. The molecule has 0 aromatic carbocycles. The molecule has 2 N–H and O–H groups in total. The first-order chi connectivity index (χ1) is 4.77. The van der Waals surface area contributed by atoms with Gasteiger partial charge in [-0.3, -0.25) is 0 Å². The van der Waals surface area contributed by atoms with E-state index in [0.29, 0.717) is 0 Å². The van der Waals surface area contributed by atoms with Gasteiger partial charge in [-0.1, -0.05) is 0 Å². The molecular formula is C7H12N2O. The summed E-state index contributed by atoms with van der Waals surface area (Å²) in [5, 5.41) is 12.8. The lowest BCUT2D eigenvalue weighted by atomic mass is 9.93. The van der Waals surface area contributed by atoms with Gasteiger partial charge >= 0.3 is 0 Å². The molecule has 0 amide bonds. The predicted octanol–water partition coefficient (Wildman–Crippen LogP) is 0.0202. The number of nitrogens with zero attached hydrogens (tertiary/aromatic N) is 1. The molecule has 0 saturated carbocycles. The summed E-state index contributed by atoms with van der Waals surface area (Å²) in [5.41, 5.74) is -0.687. The molecule has 0 radical (unpaired) electrons. The second-order valence-electron chi connectivity index (χ2n) is 2.79. The van der Waals surface area contributed by atoms with E-state index in [9.17, 15) is 5.11 Å². The molecular weight excluding hydrogens is 128 g/mol. The average molecular weight is 140 g/mol. The third kappa shape index (κ3) is 1.69.